The van der Waals surface area contributed by atoms with E-state index in [1.807, 2.05) is 26.0 Å². The van der Waals surface area contributed by atoms with Crippen molar-refractivity contribution < 1.29 is 23.8 Å². The Labute approximate surface area is 264 Å². The first-order valence-corrected chi connectivity index (χ1v) is 16.5. The van der Waals surface area contributed by atoms with Crippen molar-refractivity contribution in [2.75, 3.05) is 4.43 Å². The molecule has 0 bridgehead atoms. The lowest BCUT2D eigenvalue weighted by Gasteiger charge is -2.39. The highest BCUT2D eigenvalue weighted by molar-refractivity contribution is 14.1. The second kappa shape index (κ2) is 13.6. The van der Waals surface area contributed by atoms with Gasteiger partial charge in [-0.1, -0.05) is 79.5 Å². The minimum atomic E-state index is -0.532. The number of carbonyl (C=O) groups is 2. The van der Waals surface area contributed by atoms with E-state index in [2.05, 4.69) is 79.8 Å². The van der Waals surface area contributed by atoms with E-state index in [-0.39, 0.29) is 11.0 Å². The third-order valence-corrected chi connectivity index (χ3v) is 9.86. The number of hydrogen-bond acceptors (Lipinski definition) is 5. The molecule has 0 atom stereocenters. The summed E-state index contributed by atoms with van der Waals surface area (Å²) in [6.07, 6.45) is 7.46. The molecule has 1 fully saturated rings. The van der Waals surface area contributed by atoms with Gasteiger partial charge in [-0.15, -0.1) is 0 Å². The molecule has 1 aliphatic rings. The molecular formula is C36H43IO5. The number of halogens is 1. The number of alkyl halides is 1. The van der Waals surface area contributed by atoms with Crippen molar-refractivity contribution in [1.29, 1.82) is 0 Å². The normalized spacial score (nSPS) is 15.1. The van der Waals surface area contributed by atoms with E-state index in [1.165, 1.54) is 30.4 Å². The van der Waals surface area contributed by atoms with Crippen molar-refractivity contribution in [3.63, 3.8) is 0 Å². The molecule has 4 rings (SSSR count). The Balaban J connectivity index is 1.46. The Morgan fingerprint density at radius 1 is 0.714 bits per heavy atom. The van der Waals surface area contributed by atoms with Crippen molar-refractivity contribution >= 4 is 34.5 Å². The van der Waals surface area contributed by atoms with Gasteiger partial charge >= 0.3 is 11.9 Å². The maximum atomic E-state index is 12.9. The Morgan fingerprint density at radius 2 is 1.21 bits per heavy atom. The summed E-state index contributed by atoms with van der Waals surface area (Å²) in [5.41, 5.74) is 2.49. The lowest BCUT2D eigenvalue weighted by atomic mass is 9.65. The number of hydrogen-bond donors (Lipinski definition) is 0. The predicted octanol–water partition coefficient (Wildman–Crippen LogP) is 9.48. The van der Waals surface area contributed by atoms with Crippen molar-refractivity contribution in [2.45, 2.75) is 96.2 Å². The quantitative estimate of drug-likeness (QED) is 0.0873. The van der Waals surface area contributed by atoms with Crippen molar-refractivity contribution in [1.82, 2.24) is 0 Å². The average molecular weight is 683 g/mol. The molecule has 42 heavy (non-hydrogen) atoms. The summed E-state index contributed by atoms with van der Waals surface area (Å²) < 4.78 is 18.4. The van der Waals surface area contributed by atoms with Gasteiger partial charge in [-0.2, -0.15) is 0 Å². The number of ether oxygens (including phenoxy) is 3. The Morgan fingerprint density at radius 3 is 1.71 bits per heavy atom. The molecule has 3 aromatic rings. The molecule has 0 N–H and O–H groups in total. The number of rotatable bonds is 11. The highest BCUT2D eigenvalue weighted by atomic mass is 127. The van der Waals surface area contributed by atoms with Crippen LogP contribution in [0.3, 0.4) is 0 Å². The predicted molar refractivity (Wildman–Crippen MR) is 176 cm³/mol. The standard InChI is InChI=1S/C36H43IO5/c1-6-22-34(2,3)42-33(39)27-12-10-26(11-13-27)32(38)40-30-18-14-28(15-19-30)36(23-8-7-9-24-36)29-16-20-31(21-17-29)41-35(4,5)25-37/h10-21H,6-9,22-25H2,1-5H3. The van der Waals surface area contributed by atoms with Gasteiger partial charge in [0, 0.05) is 9.84 Å². The van der Waals surface area contributed by atoms with E-state index in [0.29, 0.717) is 16.9 Å². The third kappa shape index (κ3) is 7.94. The number of benzene rings is 3. The lowest BCUT2D eigenvalue weighted by molar-refractivity contribution is -0.00475. The summed E-state index contributed by atoms with van der Waals surface area (Å²) in [7, 11) is 0. The van der Waals surface area contributed by atoms with E-state index in [9.17, 15) is 9.59 Å². The highest BCUT2D eigenvalue weighted by Crippen LogP contribution is 2.45. The Hall–Kier alpha value is -2.87. The molecule has 0 spiro atoms. The Bertz CT molecular complexity index is 1340. The molecule has 0 heterocycles. The van der Waals surface area contributed by atoms with Crippen LogP contribution >= 0.6 is 22.6 Å². The van der Waals surface area contributed by atoms with Gasteiger partial charge in [0.2, 0.25) is 0 Å². The van der Waals surface area contributed by atoms with Crippen LogP contribution in [0.1, 0.15) is 111 Å². The van der Waals surface area contributed by atoms with Gasteiger partial charge in [0.05, 0.1) is 11.1 Å². The van der Waals surface area contributed by atoms with Crippen molar-refractivity contribution in [2.24, 2.45) is 0 Å². The summed E-state index contributed by atoms with van der Waals surface area (Å²) in [5.74, 6) is 0.516. The van der Waals surface area contributed by atoms with E-state index >= 15 is 0 Å². The van der Waals surface area contributed by atoms with Gasteiger partial charge in [0.25, 0.3) is 0 Å². The molecule has 5 nitrogen and oxygen atoms in total. The highest BCUT2D eigenvalue weighted by Gasteiger charge is 2.36. The molecular weight excluding hydrogens is 639 g/mol. The summed E-state index contributed by atoms with van der Waals surface area (Å²) in [6.45, 7) is 10.1. The van der Waals surface area contributed by atoms with E-state index in [1.54, 1.807) is 24.3 Å². The van der Waals surface area contributed by atoms with Gasteiger partial charge in [-0.3, -0.25) is 0 Å². The molecule has 3 aromatic carbocycles. The molecule has 0 saturated heterocycles. The van der Waals surface area contributed by atoms with Crippen LogP contribution in [-0.2, 0) is 10.2 Å². The lowest BCUT2D eigenvalue weighted by Crippen LogP contribution is -2.31. The van der Waals surface area contributed by atoms with Crippen molar-refractivity contribution in [3.8, 4) is 11.5 Å². The number of esters is 2. The fraction of sp³-hybridized carbons (Fsp3) is 0.444. The fourth-order valence-corrected chi connectivity index (χ4v) is 5.96. The maximum absolute atomic E-state index is 12.9. The summed E-state index contributed by atoms with van der Waals surface area (Å²) in [5, 5.41) is 0. The molecule has 1 aliphatic carbocycles. The topological polar surface area (TPSA) is 61.8 Å². The number of carbonyl (C=O) groups excluding carboxylic acids is 2. The molecule has 0 radical (unpaired) electrons. The summed E-state index contributed by atoms with van der Waals surface area (Å²) in [4.78, 5) is 25.4. The van der Waals surface area contributed by atoms with Crippen LogP contribution in [0.5, 0.6) is 11.5 Å². The molecule has 0 aromatic heterocycles. The largest absolute Gasteiger partial charge is 0.487 e. The Kier molecular flexibility index (Phi) is 10.4. The fourth-order valence-electron chi connectivity index (χ4n) is 5.80. The van der Waals surface area contributed by atoms with Crippen LogP contribution in [0.2, 0.25) is 0 Å². The second-order valence-corrected chi connectivity index (χ2v) is 13.3. The van der Waals surface area contributed by atoms with Crippen LogP contribution in [0.15, 0.2) is 72.8 Å². The van der Waals surface area contributed by atoms with E-state index in [4.69, 9.17) is 14.2 Å². The van der Waals surface area contributed by atoms with Gasteiger partial charge in [-0.25, -0.2) is 9.59 Å². The maximum Gasteiger partial charge on any atom is 0.343 e. The summed E-state index contributed by atoms with van der Waals surface area (Å²) >= 11 is 2.36. The SMILES string of the molecule is CCCC(C)(C)OC(=O)c1ccc(C(=O)Oc2ccc(C3(c4ccc(OC(C)(C)CI)cc4)CCCCC3)cc2)cc1. The molecule has 0 aliphatic heterocycles. The average Bonchev–Trinajstić information content (AvgIpc) is 2.98. The minimum Gasteiger partial charge on any atom is -0.487 e. The first kappa shape index (κ1) is 32.1. The van der Waals surface area contributed by atoms with Crippen LogP contribution in [0.25, 0.3) is 0 Å². The zero-order valence-corrected chi connectivity index (χ0v) is 27.7. The second-order valence-electron chi connectivity index (χ2n) is 12.6. The first-order chi connectivity index (χ1) is 20.0. The van der Waals surface area contributed by atoms with Gasteiger partial charge in [0.1, 0.15) is 22.7 Å². The van der Waals surface area contributed by atoms with Crippen LogP contribution < -0.4 is 9.47 Å². The van der Waals surface area contributed by atoms with Gasteiger partial charge in [-0.05, 0) is 107 Å². The molecule has 0 amide bonds. The van der Waals surface area contributed by atoms with Crippen LogP contribution in [-0.4, -0.2) is 27.6 Å². The zero-order chi connectivity index (χ0) is 30.4. The van der Waals surface area contributed by atoms with Crippen molar-refractivity contribution in [3.05, 3.63) is 95.1 Å². The molecule has 1 saturated carbocycles. The first-order valence-electron chi connectivity index (χ1n) is 15.0. The monoisotopic (exact) mass is 682 g/mol. The molecule has 6 heteroatoms. The van der Waals surface area contributed by atoms with Crippen LogP contribution in [0, 0.1) is 0 Å². The molecule has 224 valence electrons. The van der Waals surface area contributed by atoms with Gasteiger partial charge in [0.15, 0.2) is 0 Å². The zero-order valence-electron chi connectivity index (χ0n) is 25.5. The minimum absolute atomic E-state index is 0.0752. The molecule has 0 unspecified atom stereocenters. The van der Waals surface area contributed by atoms with E-state index in [0.717, 1.165) is 35.9 Å². The van der Waals surface area contributed by atoms with Gasteiger partial charge < -0.3 is 14.2 Å². The van der Waals surface area contributed by atoms with Crippen LogP contribution in [0.4, 0.5) is 0 Å². The van der Waals surface area contributed by atoms with E-state index < -0.39 is 17.5 Å². The third-order valence-electron chi connectivity index (χ3n) is 8.02. The summed E-state index contributed by atoms with van der Waals surface area (Å²) in [6, 6.07) is 23.0. The smallest absolute Gasteiger partial charge is 0.343 e.